The number of aromatic nitrogens is 3. The van der Waals surface area contributed by atoms with Gasteiger partial charge < -0.3 is 14.6 Å². The molecule has 0 radical (unpaired) electrons. The molecule has 0 saturated heterocycles. The lowest BCUT2D eigenvalue weighted by Crippen LogP contribution is -2.16. The van der Waals surface area contributed by atoms with E-state index < -0.39 is 5.97 Å². The van der Waals surface area contributed by atoms with Crippen molar-refractivity contribution in [3.8, 4) is 11.4 Å². The van der Waals surface area contributed by atoms with Gasteiger partial charge in [-0.2, -0.15) is 0 Å². The Kier molecular flexibility index (Phi) is 6.64. The van der Waals surface area contributed by atoms with E-state index in [1.54, 1.807) is 0 Å². The number of nitrogens with one attached hydrogen (secondary N) is 1. The number of carbonyl (C=O) groups is 2. The van der Waals surface area contributed by atoms with E-state index in [0.29, 0.717) is 33.1 Å². The lowest BCUT2D eigenvalue weighted by molar-refractivity contribution is -0.113. The number of benzene rings is 1. The van der Waals surface area contributed by atoms with Gasteiger partial charge in [-0.1, -0.05) is 35.5 Å². The van der Waals surface area contributed by atoms with Crippen molar-refractivity contribution in [1.82, 2.24) is 14.8 Å². The lowest BCUT2D eigenvalue weighted by Gasteiger charge is -2.09. The standard InChI is InChI=1S/C21H21ClN4O3S2/c1-3-26-18(12-7-4-5-9-14(12)22)24-25-21(26)30-11-16(27)23-19-17(20(28)29-2)13-8-6-10-15(13)31-19/h4-5,7,9H,3,6,8,10-11H2,1-2H3,(H,23,27). The third kappa shape index (κ3) is 4.35. The van der Waals surface area contributed by atoms with Crippen molar-refractivity contribution in [2.24, 2.45) is 0 Å². The fraction of sp³-hybridized carbons (Fsp3) is 0.333. The molecule has 2 aromatic heterocycles. The van der Waals surface area contributed by atoms with E-state index in [9.17, 15) is 9.59 Å². The van der Waals surface area contributed by atoms with Gasteiger partial charge in [0, 0.05) is 17.0 Å². The van der Waals surface area contributed by atoms with Crippen LogP contribution in [-0.2, 0) is 28.9 Å². The minimum atomic E-state index is -0.405. The number of hydrogen-bond donors (Lipinski definition) is 1. The summed E-state index contributed by atoms with van der Waals surface area (Å²) in [6.45, 7) is 2.63. The van der Waals surface area contributed by atoms with Crippen molar-refractivity contribution in [3.05, 3.63) is 45.3 Å². The number of rotatable bonds is 7. The fourth-order valence-electron chi connectivity index (χ4n) is 3.63. The van der Waals surface area contributed by atoms with Crippen LogP contribution in [0.5, 0.6) is 0 Å². The number of hydrogen-bond acceptors (Lipinski definition) is 7. The zero-order chi connectivity index (χ0) is 22.0. The molecule has 4 rings (SSSR count). The first-order valence-corrected chi connectivity index (χ1v) is 12.0. The van der Waals surface area contributed by atoms with Gasteiger partial charge in [-0.3, -0.25) is 4.79 Å². The van der Waals surface area contributed by atoms with Crippen molar-refractivity contribution in [2.75, 3.05) is 18.2 Å². The monoisotopic (exact) mass is 476 g/mol. The van der Waals surface area contributed by atoms with Crippen LogP contribution in [0, 0.1) is 0 Å². The Hall–Kier alpha value is -2.36. The highest BCUT2D eigenvalue weighted by molar-refractivity contribution is 7.99. The maximum atomic E-state index is 12.7. The molecule has 1 N–H and O–H groups in total. The van der Waals surface area contributed by atoms with Gasteiger partial charge in [-0.15, -0.1) is 21.5 Å². The maximum absolute atomic E-state index is 12.7. The van der Waals surface area contributed by atoms with E-state index in [0.717, 1.165) is 35.3 Å². The number of amides is 1. The van der Waals surface area contributed by atoms with E-state index in [-0.39, 0.29) is 11.7 Å². The molecule has 1 aliphatic rings. The van der Waals surface area contributed by atoms with Gasteiger partial charge in [0.1, 0.15) is 5.00 Å². The van der Waals surface area contributed by atoms with Gasteiger partial charge in [0.05, 0.1) is 23.4 Å². The Labute approximate surface area is 193 Å². The van der Waals surface area contributed by atoms with Crippen LogP contribution in [0.25, 0.3) is 11.4 Å². The number of esters is 1. The van der Waals surface area contributed by atoms with Crippen LogP contribution in [0.15, 0.2) is 29.4 Å². The molecule has 3 aromatic rings. The van der Waals surface area contributed by atoms with Crippen LogP contribution >= 0.6 is 34.7 Å². The van der Waals surface area contributed by atoms with Gasteiger partial charge >= 0.3 is 5.97 Å². The molecule has 0 bridgehead atoms. The van der Waals surface area contributed by atoms with Crippen molar-refractivity contribution in [1.29, 1.82) is 0 Å². The molecule has 0 aliphatic heterocycles. The predicted molar refractivity (Wildman–Crippen MR) is 123 cm³/mol. The Morgan fingerprint density at radius 1 is 1.29 bits per heavy atom. The summed E-state index contributed by atoms with van der Waals surface area (Å²) < 4.78 is 6.86. The second-order valence-electron chi connectivity index (χ2n) is 6.92. The highest BCUT2D eigenvalue weighted by atomic mass is 35.5. The number of ether oxygens (including phenoxy) is 1. The largest absolute Gasteiger partial charge is 0.465 e. The Bertz CT molecular complexity index is 1140. The first-order chi connectivity index (χ1) is 15.0. The van der Waals surface area contributed by atoms with Crippen LogP contribution in [0.2, 0.25) is 5.02 Å². The quantitative estimate of drug-likeness (QED) is 0.393. The number of halogens is 1. The molecule has 7 nitrogen and oxygen atoms in total. The fourth-order valence-corrected chi connectivity index (χ4v) is 5.94. The molecule has 0 saturated carbocycles. The third-order valence-electron chi connectivity index (χ3n) is 5.04. The van der Waals surface area contributed by atoms with E-state index in [1.165, 1.54) is 30.2 Å². The van der Waals surface area contributed by atoms with Crippen molar-refractivity contribution < 1.29 is 14.3 Å². The minimum absolute atomic E-state index is 0.143. The number of thioether (sulfide) groups is 1. The van der Waals surface area contributed by atoms with Crippen LogP contribution in [0.4, 0.5) is 5.00 Å². The highest BCUT2D eigenvalue weighted by Crippen LogP contribution is 2.39. The number of aryl methyl sites for hydroxylation is 1. The Balaban J connectivity index is 1.48. The van der Waals surface area contributed by atoms with E-state index in [4.69, 9.17) is 16.3 Å². The molecule has 2 heterocycles. The van der Waals surface area contributed by atoms with Crippen LogP contribution in [-0.4, -0.2) is 39.5 Å². The maximum Gasteiger partial charge on any atom is 0.341 e. The molecule has 10 heteroatoms. The number of anilines is 1. The highest BCUT2D eigenvalue weighted by Gasteiger charge is 2.28. The van der Waals surface area contributed by atoms with E-state index in [1.807, 2.05) is 35.8 Å². The van der Waals surface area contributed by atoms with E-state index in [2.05, 4.69) is 15.5 Å². The van der Waals surface area contributed by atoms with Gasteiger partial charge in [0.2, 0.25) is 5.91 Å². The number of carbonyl (C=O) groups excluding carboxylic acids is 2. The number of methoxy groups -OCH3 is 1. The average Bonchev–Trinajstić information content (AvgIpc) is 3.46. The summed E-state index contributed by atoms with van der Waals surface area (Å²) in [7, 11) is 1.36. The zero-order valence-corrected chi connectivity index (χ0v) is 19.5. The van der Waals surface area contributed by atoms with Crippen LogP contribution in [0.3, 0.4) is 0 Å². The summed E-state index contributed by atoms with van der Waals surface area (Å²) in [5.74, 6) is 0.195. The lowest BCUT2D eigenvalue weighted by atomic mass is 10.1. The third-order valence-corrected chi connectivity index (χ3v) is 7.55. The SMILES string of the molecule is CCn1c(SCC(=O)Nc2sc3c(c2C(=O)OC)CCC3)nnc1-c1ccccc1Cl. The zero-order valence-electron chi connectivity index (χ0n) is 17.1. The summed E-state index contributed by atoms with van der Waals surface area (Å²) in [4.78, 5) is 26.1. The smallest absolute Gasteiger partial charge is 0.341 e. The summed E-state index contributed by atoms with van der Waals surface area (Å²) in [6, 6.07) is 7.46. The number of thiophene rings is 1. The first-order valence-electron chi connectivity index (χ1n) is 9.87. The molecule has 0 atom stereocenters. The topological polar surface area (TPSA) is 86.1 Å². The minimum Gasteiger partial charge on any atom is -0.465 e. The first kappa shape index (κ1) is 21.9. The molecule has 0 unspecified atom stereocenters. The second kappa shape index (κ2) is 9.42. The number of nitrogens with zero attached hydrogens (tertiary/aromatic N) is 3. The van der Waals surface area contributed by atoms with Crippen molar-refractivity contribution in [3.63, 3.8) is 0 Å². The van der Waals surface area contributed by atoms with E-state index >= 15 is 0 Å². The van der Waals surface area contributed by atoms with Gasteiger partial charge in [0.25, 0.3) is 0 Å². The van der Waals surface area contributed by atoms with Crippen molar-refractivity contribution >= 4 is 51.6 Å². The normalized spacial score (nSPS) is 12.6. The van der Waals surface area contributed by atoms with Gasteiger partial charge in [-0.05, 0) is 43.9 Å². The number of fused-ring (bicyclic) bond motifs is 1. The van der Waals surface area contributed by atoms with Crippen molar-refractivity contribution in [2.45, 2.75) is 37.9 Å². The molecular formula is C21H21ClN4O3S2. The van der Waals surface area contributed by atoms with Gasteiger partial charge in [-0.25, -0.2) is 4.79 Å². The molecular weight excluding hydrogens is 456 g/mol. The summed E-state index contributed by atoms with van der Waals surface area (Å²) in [6.07, 6.45) is 2.79. The molecule has 1 amide bonds. The molecule has 1 aromatic carbocycles. The summed E-state index contributed by atoms with van der Waals surface area (Å²) in [5, 5.41) is 13.2. The molecule has 1 aliphatic carbocycles. The predicted octanol–water partition coefficient (Wildman–Crippen LogP) is 4.69. The van der Waals surface area contributed by atoms with Crippen LogP contribution in [0.1, 0.15) is 34.1 Å². The van der Waals surface area contributed by atoms with Gasteiger partial charge in [0.15, 0.2) is 11.0 Å². The molecule has 0 fully saturated rings. The summed E-state index contributed by atoms with van der Waals surface area (Å²) in [5.41, 5.74) is 2.30. The second-order valence-corrected chi connectivity index (χ2v) is 9.38. The molecule has 162 valence electrons. The van der Waals surface area contributed by atoms with Crippen LogP contribution < -0.4 is 5.32 Å². The molecule has 0 spiro atoms. The Morgan fingerprint density at radius 3 is 2.84 bits per heavy atom. The average molecular weight is 477 g/mol. The Morgan fingerprint density at radius 2 is 2.10 bits per heavy atom. The summed E-state index contributed by atoms with van der Waals surface area (Å²) >= 11 is 9.07. The molecule has 31 heavy (non-hydrogen) atoms.